The van der Waals surface area contributed by atoms with Crippen molar-refractivity contribution in [2.45, 2.75) is 37.8 Å². The van der Waals surface area contributed by atoms with Gasteiger partial charge in [-0.15, -0.1) is 0 Å². The fourth-order valence-corrected chi connectivity index (χ4v) is 3.12. The molecule has 3 heterocycles. The normalized spacial score (nSPS) is 26.4. The summed E-state index contributed by atoms with van der Waals surface area (Å²) in [5.74, 6) is -0.478. The van der Waals surface area contributed by atoms with E-state index in [9.17, 15) is 20.3 Å². The summed E-state index contributed by atoms with van der Waals surface area (Å²) in [5, 5.41) is 35.2. The molecule has 11 nitrogen and oxygen atoms in total. The van der Waals surface area contributed by atoms with E-state index in [0.717, 1.165) is 0 Å². The van der Waals surface area contributed by atoms with Crippen LogP contribution in [0.15, 0.2) is 23.5 Å². The van der Waals surface area contributed by atoms with Crippen molar-refractivity contribution >= 4 is 23.6 Å². The number of hydrogen-bond acceptors (Lipinski definition) is 9. The third-order valence-electron chi connectivity index (χ3n) is 4.71. The number of nitriles is 1. The summed E-state index contributed by atoms with van der Waals surface area (Å²) < 4.78 is 12.3. The van der Waals surface area contributed by atoms with E-state index in [2.05, 4.69) is 15.1 Å². The molecule has 0 amide bonds. The molecule has 0 unspecified atom stereocenters. The first kappa shape index (κ1) is 21.6. The number of aromatic nitrogens is 3. The van der Waals surface area contributed by atoms with Crippen LogP contribution in [0.4, 0.5) is 5.82 Å². The molecule has 0 aromatic carbocycles. The molecule has 1 aliphatic heterocycles. The minimum absolute atomic E-state index is 0.202. The third kappa shape index (κ3) is 3.72. The Morgan fingerprint density at radius 1 is 1.50 bits per heavy atom. The molecule has 0 saturated carbocycles. The average molecular weight is 416 g/mol. The summed E-state index contributed by atoms with van der Waals surface area (Å²) in [7, 11) is 3.62. The van der Waals surface area contributed by atoms with E-state index in [1.165, 1.54) is 10.8 Å². The number of aliphatic imine (C=N–C) groups is 1. The Balaban J connectivity index is 1.97. The van der Waals surface area contributed by atoms with Gasteiger partial charge in [0.1, 0.15) is 42.8 Å². The van der Waals surface area contributed by atoms with Gasteiger partial charge in [0.2, 0.25) is 5.60 Å². The molecule has 2 aromatic heterocycles. The topological polar surface area (TPSA) is 146 Å². The summed E-state index contributed by atoms with van der Waals surface area (Å²) in [6.45, 7) is 3.05. The Hall–Kier alpha value is -3.07. The van der Waals surface area contributed by atoms with Gasteiger partial charge < -0.3 is 24.6 Å². The van der Waals surface area contributed by atoms with E-state index in [1.54, 1.807) is 37.2 Å². The first-order chi connectivity index (χ1) is 14.2. The summed E-state index contributed by atoms with van der Waals surface area (Å²) >= 11 is 0. The van der Waals surface area contributed by atoms with Crippen molar-refractivity contribution in [1.82, 2.24) is 19.5 Å². The number of esters is 1. The average Bonchev–Trinajstić information content (AvgIpc) is 3.25. The summed E-state index contributed by atoms with van der Waals surface area (Å²) in [5.41, 5.74) is -1.23. The molecular weight excluding hydrogens is 392 g/mol. The summed E-state index contributed by atoms with van der Waals surface area (Å²) in [6, 6.07) is 5.16. The molecule has 30 heavy (non-hydrogen) atoms. The highest BCUT2D eigenvalue weighted by Gasteiger charge is 2.57. The van der Waals surface area contributed by atoms with E-state index in [-0.39, 0.29) is 18.2 Å². The predicted molar refractivity (Wildman–Crippen MR) is 105 cm³/mol. The zero-order valence-electron chi connectivity index (χ0n) is 17.1. The molecular formula is C19H24N6O5. The Morgan fingerprint density at radius 3 is 2.87 bits per heavy atom. The fourth-order valence-electron chi connectivity index (χ4n) is 3.12. The largest absolute Gasteiger partial charge is 0.463 e. The lowest BCUT2D eigenvalue weighted by molar-refractivity contribution is -0.154. The lowest BCUT2D eigenvalue weighted by Gasteiger charge is -2.24. The van der Waals surface area contributed by atoms with Crippen LogP contribution in [0.1, 0.15) is 19.5 Å². The van der Waals surface area contributed by atoms with Crippen LogP contribution in [-0.2, 0) is 19.9 Å². The predicted octanol–water partition coefficient (Wildman–Crippen LogP) is -0.0106. The highest BCUT2D eigenvalue weighted by molar-refractivity contribution is 5.72. The lowest BCUT2D eigenvalue weighted by Crippen LogP contribution is -2.41. The second kappa shape index (κ2) is 8.35. The van der Waals surface area contributed by atoms with Crippen LogP contribution in [0.2, 0.25) is 0 Å². The van der Waals surface area contributed by atoms with Gasteiger partial charge in [0.15, 0.2) is 5.82 Å². The van der Waals surface area contributed by atoms with Crippen LogP contribution in [0, 0.1) is 17.2 Å². The Labute approximate surface area is 173 Å². The van der Waals surface area contributed by atoms with Crippen molar-refractivity contribution in [2.75, 3.05) is 20.7 Å². The summed E-state index contributed by atoms with van der Waals surface area (Å²) in [4.78, 5) is 21.9. The molecule has 0 spiro atoms. The maximum Gasteiger partial charge on any atom is 0.308 e. The lowest BCUT2D eigenvalue weighted by atomic mass is 9.92. The fraction of sp³-hybridized carbons (Fsp3) is 0.526. The molecule has 0 bridgehead atoms. The Bertz CT molecular complexity index is 997. The van der Waals surface area contributed by atoms with Crippen LogP contribution >= 0.6 is 0 Å². The monoisotopic (exact) mass is 416 g/mol. The quantitative estimate of drug-likeness (QED) is 0.377. The maximum atomic E-state index is 11.7. The number of rotatable bonds is 6. The SMILES string of the molecule is CC(C)C(=O)OC[C@H]1O[C@@](C#N)(c2ccc3c(N=CN(C)C)ncnn23)[C@H](O)[C@@H]1O. The minimum Gasteiger partial charge on any atom is -0.463 e. The first-order valence-electron chi connectivity index (χ1n) is 9.37. The van der Waals surface area contributed by atoms with E-state index in [1.807, 2.05) is 20.2 Å². The van der Waals surface area contributed by atoms with Crippen molar-refractivity contribution < 1.29 is 24.5 Å². The number of hydrogen-bond donors (Lipinski definition) is 2. The van der Waals surface area contributed by atoms with E-state index in [0.29, 0.717) is 11.3 Å². The van der Waals surface area contributed by atoms with Crippen molar-refractivity contribution in [3.63, 3.8) is 0 Å². The third-order valence-corrected chi connectivity index (χ3v) is 4.71. The number of carbonyl (C=O) groups is 1. The molecule has 0 radical (unpaired) electrons. The Morgan fingerprint density at radius 2 is 2.23 bits per heavy atom. The van der Waals surface area contributed by atoms with E-state index >= 15 is 0 Å². The second-order valence-electron chi connectivity index (χ2n) is 7.53. The van der Waals surface area contributed by atoms with Gasteiger partial charge in [-0.05, 0) is 12.1 Å². The van der Waals surface area contributed by atoms with Gasteiger partial charge in [-0.3, -0.25) is 4.79 Å². The molecule has 0 aliphatic carbocycles. The molecule has 160 valence electrons. The zero-order chi connectivity index (χ0) is 22.1. The molecule has 1 aliphatic rings. The molecule has 3 rings (SSSR count). The van der Waals surface area contributed by atoms with Gasteiger partial charge in [0.25, 0.3) is 0 Å². The molecule has 1 saturated heterocycles. The smallest absolute Gasteiger partial charge is 0.308 e. The first-order valence-corrected chi connectivity index (χ1v) is 9.37. The van der Waals surface area contributed by atoms with Gasteiger partial charge in [-0.1, -0.05) is 13.8 Å². The number of carbonyl (C=O) groups excluding carboxylic acids is 1. The van der Waals surface area contributed by atoms with Gasteiger partial charge in [-0.25, -0.2) is 14.5 Å². The number of aliphatic hydroxyl groups excluding tert-OH is 2. The van der Waals surface area contributed by atoms with Crippen molar-refractivity contribution in [1.29, 1.82) is 5.26 Å². The van der Waals surface area contributed by atoms with Crippen molar-refractivity contribution in [3.05, 3.63) is 24.2 Å². The molecule has 2 aromatic rings. The molecule has 2 N–H and O–H groups in total. The zero-order valence-corrected chi connectivity index (χ0v) is 17.1. The number of ether oxygens (including phenoxy) is 2. The number of nitrogens with zero attached hydrogens (tertiary/aromatic N) is 6. The molecule has 11 heteroatoms. The van der Waals surface area contributed by atoms with E-state index in [4.69, 9.17) is 9.47 Å². The van der Waals surface area contributed by atoms with Crippen LogP contribution in [0.5, 0.6) is 0 Å². The maximum absolute atomic E-state index is 11.7. The molecule has 1 fully saturated rings. The van der Waals surface area contributed by atoms with Gasteiger partial charge in [0.05, 0.1) is 18.0 Å². The molecule has 4 atom stereocenters. The van der Waals surface area contributed by atoms with Gasteiger partial charge >= 0.3 is 5.97 Å². The van der Waals surface area contributed by atoms with Crippen LogP contribution in [-0.4, -0.2) is 81.0 Å². The summed E-state index contributed by atoms with van der Waals surface area (Å²) in [6.07, 6.45) is -1.28. The van der Waals surface area contributed by atoms with Crippen LogP contribution < -0.4 is 0 Å². The van der Waals surface area contributed by atoms with Crippen molar-refractivity contribution in [2.24, 2.45) is 10.9 Å². The standard InChI is InChI=1S/C19H24N6O5/c1-11(2)18(28)29-7-13-15(26)16(27)19(8-20,30-13)14-6-5-12-17(22-10-24(3)4)21-9-23-25(12)14/h5-6,9-11,13,15-16,26-27H,7H2,1-4H3/t13-,15-,16-,19+/m1/s1. The van der Waals surface area contributed by atoms with Gasteiger partial charge in [0, 0.05) is 14.1 Å². The minimum atomic E-state index is -1.92. The highest BCUT2D eigenvalue weighted by atomic mass is 16.6. The van der Waals surface area contributed by atoms with Crippen LogP contribution in [0.25, 0.3) is 5.52 Å². The van der Waals surface area contributed by atoms with Crippen LogP contribution in [0.3, 0.4) is 0 Å². The second-order valence-corrected chi connectivity index (χ2v) is 7.53. The Kier molecular flexibility index (Phi) is 6.02. The van der Waals surface area contributed by atoms with Gasteiger partial charge in [-0.2, -0.15) is 10.4 Å². The highest BCUT2D eigenvalue weighted by Crippen LogP contribution is 2.40. The van der Waals surface area contributed by atoms with Crippen molar-refractivity contribution in [3.8, 4) is 6.07 Å². The van der Waals surface area contributed by atoms with E-state index < -0.39 is 29.9 Å². The number of fused-ring (bicyclic) bond motifs is 1. The number of aliphatic hydroxyl groups is 2.